The van der Waals surface area contributed by atoms with Gasteiger partial charge in [0.1, 0.15) is 9.79 Å². The molecule has 11 heteroatoms. The maximum absolute atomic E-state index is 11.9. The second-order valence-electron chi connectivity index (χ2n) is 2.90. The topological polar surface area (TPSA) is 97.7 Å². The zero-order valence-corrected chi connectivity index (χ0v) is 9.88. The molecule has 102 valence electrons. The van der Waals surface area contributed by atoms with Crippen LogP contribution in [0.25, 0.3) is 0 Å². The first-order valence-corrected chi connectivity index (χ1v) is 6.87. The molecule has 18 heavy (non-hydrogen) atoms. The number of alkyl halides is 3. The second kappa shape index (κ2) is 4.50. The summed E-state index contributed by atoms with van der Waals surface area (Å²) in [5, 5.41) is 0. The van der Waals surface area contributed by atoms with Crippen molar-refractivity contribution in [3.8, 4) is 0 Å². The van der Waals surface area contributed by atoms with E-state index in [1.165, 1.54) is 0 Å². The molecule has 0 spiro atoms. The van der Waals surface area contributed by atoms with Crippen molar-refractivity contribution in [2.24, 2.45) is 0 Å². The molecule has 0 aliphatic rings. The summed E-state index contributed by atoms with van der Waals surface area (Å²) in [5.41, 5.74) is 0. The van der Waals surface area contributed by atoms with Crippen LogP contribution in [-0.4, -0.2) is 27.8 Å². The molecule has 1 aromatic carbocycles. The lowest BCUT2D eigenvalue weighted by atomic mass is 10.4. The van der Waals surface area contributed by atoms with E-state index in [4.69, 9.17) is 4.55 Å². The van der Waals surface area contributed by atoms with Crippen LogP contribution < -0.4 is 0 Å². The van der Waals surface area contributed by atoms with Crippen LogP contribution in [0.2, 0.25) is 0 Å². The molecule has 0 radical (unpaired) electrons. The van der Waals surface area contributed by atoms with E-state index < -0.39 is 36.4 Å². The SMILES string of the molecule is O=S(=O)(O)c1ccccc1S(=O)(=O)OC(F)(F)F. The Balaban J connectivity index is 3.44. The Morgan fingerprint density at radius 3 is 1.83 bits per heavy atom. The van der Waals surface area contributed by atoms with Gasteiger partial charge >= 0.3 is 16.5 Å². The largest absolute Gasteiger partial charge is 0.537 e. The van der Waals surface area contributed by atoms with E-state index in [2.05, 4.69) is 4.18 Å². The van der Waals surface area contributed by atoms with E-state index in [9.17, 15) is 30.0 Å². The van der Waals surface area contributed by atoms with Crippen molar-refractivity contribution < 1.29 is 38.7 Å². The minimum Gasteiger partial charge on any atom is -0.282 e. The van der Waals surface area contributed by atoms with Gasteiger partial charge < -0.3 is 0 Å². The summed E-state index contributed by atoms with van der Waals surface area (Å²) >= 11 is 0. The van der Waals surface area contributed by atoms with Gasteiger partial charge in [-0.3, -0.25) is 4.55 Å². The Morgan fingerprint density at radius 2 is 1.44 bits per heavy atom. The summed E-state index contributed by atoms with van der Waals surface area (Å²) in [5.74, 6) is 0. The predicted molar refractivity (Wildman–Crippen MR) is 50.6 cm³/mol. The Morgan fingerprint density at radius 1 is 1.00 bits per heavy atom. The van der Waals surface area contributed by atoms with Crippen LogP contribution in [0.15, 0.2) is 34.1 Å². The first-order valence-electron chi connectivity index (χ1n) is 4.02. The quantitative estimate of drug-likeness (QED) is 0.664. The van der Waals surface area contributed by atoms with Crippen molar-refractivity contribution in [2.45, 2.75) is 16.2 Å². The zero-order valence-electron chi connectivity index (χ0n) is 8.25. The van der Waals surface area contributed by atoms with Gasteiger partial charge in [-0.25, -0.2) is 0 Å². The zero-order chi connectivity index (χ0) is 14.2. The smallest absolute Gasteiger partial charge is 0.282 e. The molecular formula is C7H5F3O6S2. The minimum atomic E-state index is -5.51. The molecule has 0 unspecified atom stereocenters. The lowest BCUT2D eigenvalue weighted by Crippen LogP contribution is -2.21. The third-order valence-electron chi connectivity index (χ3n) is 1.60. The maximum Gasteiger partial charge on any atom is 0.537 e. The van der Waals surface area contributed by atoms with Gasteiger partial charge in [-0.2, -0.15) is 21.0 Å². The summed E-state index contributed by atoms with van der Waals surface area (Å²) in [7, 11) is -10.4. The number of rotatable bonds is 3. The molecule has 1 N–H and O–H groups in total. The highest BCUT2D eigenvalue weighted by molar-refractivity contribution is 7.89. The number of hydrogen-bond donors (Lipinski definition) is 1. The Bertz CT molecular complexity index is 646. The monoisotopic (exact) mass is 306 g/mol. The molecule has 0 bridgehead atoms. The molecule has 0 saturated heterocycles. The second-order valence-corrected chi connectivity index (χ2v) is 5.81. The fraction of sp³-hybridized carbons (Fsp3) is 0.143. The molecule has 0 amide bonds. The van der Waals surface area contributed by atoms with E-state index in [-0.39, 0.29) is 0 Å². The summed E-state index contributed by atoms with van der Waals surface area (Å²) in [6, 6.07) is 3.18. The highest BCUT2D eigenvalue weighted by Crippen LogP contribution is 2.28. The van der Waals surface area contributed by atoms with E-state index in [1.54, 1.807) is 0 Å². The molecule has 0 aliphatic carbocycles. The fourth-order valence-corrected chi connectivity index (χ4v) is 3.13. The van der Waals surface area contributed by atoms with Crippen molar-refractivity contribution >= 4 is 20.2 Å². The van der Waals surface area contributed by atoms with Gasteiger partial charge in [-0.1, -0.05) is 12.1 Å². The molecule has 0 atom stereocenters. The van der Waals surface area contributed by atoms with Gasteiger partial charge in [0.05, 0.1) is 0 Å². The van der Waals surface area contributed by atoms with Crippen molar-refractivity contribution in [3.05, 3.63) is 24.3 Å². The first-order chi connectivity index (χ1) is 7.93. The number of halogens is 3. The number of benzene rings is 1. The molecule has 0 saturated carbocycles. The van der Waals surface area contributed by atoms with E-state index in [1.807, 2.05) is 0 Å². The van der Waals surface area contributed by atoms with Crippen LogP contribution in [0.4, 0.5) is 13.2 Å². The molecule has 6 nitrogen and oxygen atoms in total. The molecule has 1 aromatic rings. The maximum atomic E-state index is 11.9. The molecule has 0 aromatic heterocycles. The third-order valence-corrected chi connectivity index (χ3v) is 3.94. The minimum absolute atomic E-state index is 0.560. The van der Waals surface area contributed by atoms with Crippen LogP contribution >= 0.6 is 0 Å². The third kappa shape index (κ3) is 3.66. The van der Waals surface area contributed by atoms with E-state index >= 15 is 0 Å². The first kappa shape index (κ1) is 14.9. The summed E-state index contributed by atoms with van der Waals surface area (Å²) in [6.07, 6.45) is -5.51. The Labute approximate surface area is 99.9 Å². The molecular weight excluding hydrogens is 301 g/mol. The van der Waals surface area contributed by atoms with Crippen LogP contribution in [0.5, 0.6) is 0 Å². The van der Waals surface area contributed by atoms with Gasteiger partial charge in [0, 0.05) is 0 Å². The van der Waals surface area contributed by atoms with Crippen LogP contribution in [0.3, 0.4) is 0 Å². The van der Waals surface area contributed by atoms with Crippen LogP contribution in [-0.2, 0) is 24.4 Å². The lowest BCUT2D eigenvalue weighted by Gasteiger charge is -2.10. The van der Waals surface area contributed by atoms with Gasteiger partial charge in [-0.15, -0.1) is 13.2 Å². The average molecular weight is 306 g/mol. The fourth-order valence-electron chi connectivity index (χ4n) is 1.04. The Kier molecular flexibility index (Phi) is 3.72. The van der Waals surface area contributed by atoms with Gasteiger partial charge in [-0.05, 0) is 12.1 Å². The average Bonchev–Trinajstić information content (AvgIpc) is 2.12. The number of hydrogen-bond acceptors (Lipinski definition) is 5. The molecule has 1 rings (SSSR count). The Hall–Kier alpha value is -1.17. The molecule has 0 aliphatic heterocycles. The van der Waals surface area contributed by atoms with Gasteiger partial charge in [0.25, 0.3) is 10.1 Å². The lowest BCUT2D eigenvalue weighted by molar-refractivity contribution is -0.272. The molecule has 0 fully saturated rings. The van der Waals surface area contributed by atoms with Crippen LogP contribution in [0.1, 0.15) is 0 Å². The predicted octanol–water partition coefficient (Wildman–Crippen LogP) is 1.16. The van der Waals surface area contributed by atoms with Gasteiger partial charge in [0.2, 0.25) is 0 Å². The molecule has 0 heterocycles. The van der Waals surface area contributed by atoms with Crippen molar-refractivity contribution in [2.75, 3.05) is 0 Å². The highest BCUT2D eigenvalue weighted by atomic mass is 32.2. The summed E-state index contributed by atoms with van der Waals surface area (Å²) in [4.78, 5) is -2.50. The van der Waals surface area contributed by atoms with E-state index in [0.717, 1.165) is 12.1 Å². The van der Waals surface area contributed by atoms with Crippen molar-refractivity contribution in [3.63, 3.8) is 0 Å². The van der Waals surface area contributed by atoms with Crippen molar-refractivity contribution in [1.29, 1.82) is 0 Å². The summed E-state index contributed by atoms with van der Waals surface area (Å²) < 4.78 is 91.1. The summed E-state index contributed by atoms with van der Waals surface area (Å²) in [6.45, 7) is 0. The normalized spacial score (nSPS) is 13.6. The highest BCUT2D eigenvalue weighted by Gasteiger charge is 2.39. The van der Waals surface area contributed by atoms with Gasteiger partial charge in [0.15, 0.2) is 0 Å². The van der Waals surface area contributed by atoms with E-state index in [0.29, 0.717) is 12.1 Å². The standard InChI is InChI=1S/C7H5F3O6S2/c8-7(9,10)16-18(14,15)6-4-2-1-3-5(6)17(11,12)13/h1-4H,(H,11,12,13). The van der Waals surface area contributed by atoms with Crippen LogP contribution in [0, 0.1) is 0 Å². The van der Waals surface area contributed by atoms with Crippen molar-refractivity contribution in [1.82, 2.24) is 0 Å².